The molecule has 1 fully saturated rings. The Labute approximate surface area is 145 Å². The number of rotatable bonds is 4. The lowest BCUT2D eigenvalue weighted by atomic mass is 10.2. The molecule has 128 valence electrons. The van der Waals surface area contributed by atoms with E-state index in [4.69, 9.17) is 10.00 Å². The SMILES string of the molecule is CCOc1ccnc(N2CCN(C(=O)c3ncccc3C#N)CC2)n1. The van der Waals surface area contributed by atoms with Gasteiger partial charge in [-0.2, -0.15) is 10.2 Å². The molecule has 1 amide bonds. The van der Waals surface area contributed by atoms with Crippen molar-refractivity contribution in [1.82, 2.24) is 19.9 Å². The third kappa shape index (κ3) is 3.66. The van der Waals surface area contributed by atoms with E-state index in [9.17, 15) is 4.79 Å². The predicted molar refractivity (Wildman–Crippen MR) is 90.3 cm³/mol. The number of nitrogens with zero attached hydrogens (tertiary/aromatic N) is 6. The smallest absolute Gasteiger partial charge is 0.273 e. The van der Waals surface area contributed by atoms with Gasteiger partial charge in [0.2, 0.25) is 11.8 Å². The zero-order valence-electron chi connectivity index (χ0n) is 13.9. The summed E-state index contributed by atoms with van der Waals surface area (Å²) in [6.45, 7) is 4.69. The molecule has 0 bridgehead atoms. The maximum absolute atomic E-state index is 12.6. The van der Waals surface area contributed by atoms with Crippen LogP contribution in [0.15, 0.2) is 30.6 Å². The number of hydrogen-bond acceptors (Lipinski definition) is 7. The highest BCUT2D eigenvalue weighted by Crippen LogP contribution is 2.16. The molecule has 2 aromatic rings. The van der Waals surface area contributed by atoms with Crippen molar-refractivity contribution in [3.05, 3.63) is 41.9 Å². The number of amides is 1. The highest BCUT2D eigenvalue weighted by atomic mass is 16.5. The highest BCUT2D eigenvalue weighted by molar-refractivity contribution is 5.94. The number of carbonyl (C=O) groups is 1. The molecule has 0 radical (unpaired) electrons. The molecule has 0 aromatic carbocycles. The Balaban J connectivity index is 1.67. The van der Waals surface area contributed by atoms with Crippen molar-refractivity contribution < 1.29 is 9.53 Å². The van der Waals surface area contributed by atoms with Crippen LogP contribution in [0.5, 0.6) is 5.88 Å². The number of piperazine rings is 1. The Kier molecular flexibility index (Phi) is 5.04. The largest absolute Gasteiger partial charge is 0.478 e. The van der Waals surface area contributed by atoms with Crippen molar-refractivity contribution in [2.75, 3.05) is 37.7 Å². The minimum atomic E-state index is -0.221. The summed E-state index contributed by atoms with van der Waals surface area (Å²) < 4.78 is 5.40. The van der Waals surface area contributed by atoms with Crippen molar-refractivity contribution in [2.45, 2.75) is 6.92 Å². The van der Waals surface area contributed by atoms with Crippen molar-refractivity contribution in [3.63, 3.8) is 0 Å². The molecule has 1 saturated heterocycles. The summed E-state index contributed by atoms with van der Waals surface area (Å²) in [7, 11) is 0. The van der Waals surface area contributed by atoms with Crippen LogP contribution < -0.4 is 9.64 Å². The second-order valence-corrected chi connectivity index (χ2v) is 5.42. The topological polar surface area (TPSA) is 95.2 Å². The number of carbonyl (C=O) groups excluding carboxylic acids is 1. The normalized spacial score (nSPS) is 14.1. The first kappa shape index (κ1) is 16.6. The molecule has 0 saturated carbocycles. The van der Waals surface area contributed by atoms with Crippen molar-refractivity contribution in [1.29, 1.82) is 5.26 Å². The molecule has 1 aliphatic rings. The average Bonchev–Trinajstić information content (AvgIpc) is 2.68. The summed E-state index contributed by atoms with van der Waals surface area (Å²) in [4.78, 5) is 29.0. The Morgan fingerprint density at radius 2 is 2.04 bits per heavy atom. The van der Waals surface area contributed by atoms with E-state index < -0.39 is 0 Å². The second-order valence-electron chi connectivity index (χ2n) is 5.42. The fraction of sp³-hybridized carbons (Fsp3) is 0.353. The van der Waals surface area contributed by atoms with E-state index in [1.165, 1.54) is 6.20 Å². The molecule has 0 N–H and O–H groups in total. The molecule has 0 spiro atoms. The average molecular weight is 338 g/mol. The van der Waals surface area contributed by atoms with E-state index in [0.29, 0.717) is 50.2 Å². The first-order valence-corrected chi connectivity index (χ1v) is 8.08. The van der Waals surface area contributed by atoms with Crippen LogP contribution in [0.1, 0.15) is 23.0 Å². The summed E-state index contributed by atoms with van der Waals surface area (Å²) in [5.74, 6) is 0.910. The maximum atomic E-state index is 12.6. The van der Waals surface area contributed by atoms with Crippen molar-refractivity contribution in [2.24, 2.45) is 0 Å². The van der Waals surface area contributed by atoms with Gasteiger partial charge >= 0.3 is 0 Å². The van der Waals surface area contributed by atoms with E-state index in [1.807, 2.05) is 17.9 Å². The van der Waals surface area contributed by atoms with Gasteiger partial charge in [-0.25, -0.2) is 9.97 Å². The zero-order valence-corrected chi connectivity index (χ0v) is 13.9. The highest BCUT2D eigenvalue weighted by Gasteiger charge is 2.25. The van der Waals surface area contributed by atoms with Crippen LogP contribution in [-0.2, 0) is 0 Å². The fourth-order valence-corrected chi connectivity index (χ4v) is 2.64. The number of aromatic nitrogens is 3. The van der Waals surface area contributed by atoms with Gasteiger partial charge in [0, 0.05) is 44.6 Å². The lowest BCUT2D eigenvalue weighted by molar-refractivity contribution is 0.0740. The maximum Gasteiger partial charge on any atom is 0.273 e. The summed E-state index contributed by atoms with van der Waals surface area (Å²) in [6.07, 6.45) is 3.19. The molecule has 1 aliphatic heterocycles. The van der Waals surface area contributed by atoms with Crippen molar-refractivity contribution in [3.8, 4) is 11.9 Å². The number of pyridine rings is 1. The lowest BCUT2D eigenvalue weighted by Crippen LogP contribution is -2.49. The van der Waals surface area contributed by atoms with Gasteiger partial charge in [0.1, 0.15) is 11.8 Å². The van der Waals surface area contributed by atoms with Crippen LogP contribution in [0.25, 0.3) is 0 Å². The van der Waals surface area contributed by atoms with Gasteiger partial charge in [-0.05, 0) is 19.1 Å². The molecule has 3 rings (SSSR count). The lowest BCUT2D eigenvalue weighted by Gasteiger charge is -2.34. The molecule has 8 heteroatoms. The summed E-state index contributed by atoms with van der Waals surface area (Å²) in [6, 6.07) is 6.98. The molecule has 2 aromatic heterocycles. The monoisotopic (exact) mass is 338 g/mol. The van der Waals surface area contributed by atoms with Gasteiger partial charge in [0.15, 0.2) is 0 Å². The van der Waals surface area contributed by atoms with E-state index in [-0.39, 0.29) is 11.6 Å². The van der Waals surface area contributed by atoms with Crippen molar-refractivity contribution >= 4 is 11.9 Å². The standard InChI is InChI=1S/C17H18N6O2/c1-2-25-14-5-7-20-17(21-14)23-10-8-22(9-11-23)16(24)15-13(12-18)4-3-6-19-15/h3-7H,2,8-11H2,1H3. The Hall–Kier alpha value is -3.21. The minimum Gasteiger partial charge on any atom is -0.478 e. The van der Waals surface area contributed by atoms with Gasteiger partial charge in [0.05, 0.1) is 12.2 Å². The van der Waals surface area contributed by atoms with Gasteiger partial charge in [0.25, 0.3) is 5.91 Å². The summed E-state index contributed by atoms with van der Waals surface area (Å²) >= 11 is 0. The van der Waals surface area contributed by atoms with Crippen LogP contribution in [0, 0.1) is 11.3 Å². The Bertz CT molecular complexity index is 796. The Morgan fingerprint density at radius 1 is 1.24 bits per heavy atom. The molecular weight excluding hydrogens is 320 g/mol. The van der Waals surface area contributed by atoms with Gasteiger partial charge in [-0.3, -0.25) is 4.79 Å². The molecule has 8 nitrogen and oxygen atoms in total. The van der Waals surface area contributed by atoms with Gasteiger partial charge in [-0.1, -0.05) is 0 Å². The van der Waals surface area contributed by atoms with Crippen LogP contribution in [0.4, 0.5) is 5.95 Å². The third-order valence-electron chi connectivity index (χ3n) is 3.89. The number of hydrogen-bond donors (Lipinski definition) is 0. The van der Waals surface area contributed by atoms with Crippen LogP contribution in [0.3, 0.4) is 0 Å². The molecule has 0 atom stereocenters. The van der Waals surface area contributed by atoms with E-state index in [1.54, 1.807) is 29.3 Å². The third-order valence-corrected chi connectivity index (χ3v) is 3.89. The van der Waals surface area contributed by atoms with Crippen LogP contribution in [-0.4, -0.2) is 58.5 Å². The number of anilines is 1. The Morgan fingerprint density at radius 3 is 2.76 bits per heavy atom. The first-order chi connectivity index (χ1) is 12.2. The quantitative estimate of drug-likeness (QED) is 0.824. The summed E-state index contributed by atoms with van der Waals surface area (Å²) in [5, 5.41) is 9.13. The summed E-state index contributed by atoms with van der Waals surface area (Å²) in [5.41, 5.74) is 0.496. The molecule has 0 unspecified atom stereocenters. The zero-order chi connectivity index (χ0) is 17.6. The molecular formula is C17H18N6O2. The molecule has 25 heavy (non-hydrogen) atoms. The van der Waals surface area contributed by atoms with Crippen LogP contribution in [0.2, 0.25) is 0 Å². The minimum absolute atomic E-state index is 0.202. The van der Waals surface area contributed by atoms with Gasteiger partial charge < -0.3 is 14.5 Å². The molecule has 0 aliphatic carbocycles. The van der Waals surface area contributed by atoms with E-state index in [2.05, 4.69) is 15.0 Å². The van der Waals surface area contributed by atoms with E-state index in [0.717, 1.165) is 0 Å². The number of nitriles is 1. The van der Waals surface area contributed by atoms with Gasteiger partial charge in [-0.15, -0.1) is 0 Å². The first-order valence-electron chi connectivity index (χ1n) is 8.08. The van der Waals surface area contributed by atoms with Crippen LogP contribution >= 0.6 is 0 Å². The molecule has 3 heterocycles. The predicted octanol–water partition coefficient (Wildman–Crippen LogP) is 1.10. The fourth-order valence-electron chi connectivity index (χ4n) is 2.64. The second kappa shape index (κ2) is 7.57. The van der Waals surface area contributed by atoms with E-state index >= 15 is 0 Å². The number of ether oxygens (including phenoxy) is 1.